The second kappa shape index (κ2) is 8.59. The fraction of sp³-hybridized carbons (Fsp3) is 0.176. The standard InChI is InChI=1S/C17H14N2O5S.ClH/c1-2-23-14(20)7-10-9-25-17(19-10)18-8-12-15(21)11-5-3-4-6-13(11)24-16(12)22;/h3-6,8-9,21H,2,7H2,1H3;1H/b18-8-;. The van der Waals surface area contributed by atoms with Crippen molar-refractivity contribution < 1.29 is 19.1 Å². The molecule has 136 valence electrons. The normalized spacial score (nSPS) is 10.8. The molecule has 0 fully saturated rings. The molecule has 7 nitrogen and oxygen atoms in total. The number of thiazole rings is 1. The van der Waals surface area contributed by atoms with Gasteiger partial charge in [0, 0.05) is 11.6 Å². The van der Waals surface area contributed by atoms with Gasteiger partial charge < -0.3 is 14.3 Å². The number of aromatic hydroxyl groups is 1. The first-order valence-electron chi connectivity index (χ1n) is 7.47. The van der Waals surface area contributed by atoms with Gasteiger partial charge in [-0.15, -0.1) is 23.7 Å². The Balaban J connectivity index is 0.00000243. The van der Waals surface area contributed by atoms with E-state index in [0.717, 1.165) is 0 Å². The molecule has 0 unspecified atom stereocenters. The third-order valence-corrected chi connectivity index (χ3v) is 4.09. The summed E-state index contributed by atoms with van der Waals surface area (Å²) >= 11 is 1.21. The Morgan fingerprint density at radius 1 is 1.42 bits per heavy atom. The smallest absolute Gasteiger partial charge is 0.348 e. The second-order valence-electron chi connectivity index (χ2n) is 5.01. The molecular weight excluding hydrogens is 380 g/mol. The van der Waals surface area contributed by atoms with E-state index in [2.05, 4.69) is 9.98 Å². The van der Waals surface area contributed by atoms with Crippen molar-refractivity contribution in [3.05, 3.63) is 51.3 Å². The summed E-state index contributed by atoms with van der Waals surface area (Å²) in [5.74, 6) is -0.560. The number of ether oxygens (including phenoxy) is 1. The van der Waals surface area contributed by atoms with E-state index in [-0.39, 0.29) is 36.1 Å². The SMILES string of the molecule is CCOC(=O)Cc1csc(/N=C\c2c(O)c3ccccc3oc2=O)n1.Cl. The zero-order chi connectivity index (χ0) is 17.8. The number of para-hydroxylation sites is 1. The molecule has 3 aromatic rings. The van der Waals surface area contributed by atoms with Gasteiger partial charge in [-0.3, -0.25) is 4.79 Å². The number of benzene rings is 1. The van der Waals surface area contributed by atoms with E-state index in [0.29, 0.717) is 28.4 Å². The number of hydrogen-bond donors (Lipinski definition) is 1. The van der Waals surface area contributed by atoms with Crippen molar-refractivity contribution in [2.24, 2.45) is 4.99 Å². The molecule has 0 atom stereocenters. The Bertz CT molecular complexity index is 1010. The zero-order valence-electron chi connectivity index (χ0n) is 13.7. The van der Waals surface area contributed by atoms with Gasteiger partial charge >= 0.3 is 11.6 Å². The van der Waals surface area contributed by atoms with Gasteiger partial charge in [0.15, 0.2) is 0 Å². The molecule has 0 aliphatic rings. The summed E-state index contributed by atoms with van der Waals surface area (Å²) in [7, 11) is 0. The number of aliphatic imine (C=N–C) groups is 1. The van der Waals surface area contributed by atoms with Crippen LogP contribution >= 0.6 is 23.7 Å². The van der Waals surface area contributed by atoms with Crippen LogP contribution in [-0.2, 0) is 16.0 Å². The maximum Gasteiger partial charge on any atom is 0.348 e. The number of aromatic nitrogens is 1. The van der Waals surface area contributed by atoms with Crippen molar-refractivity contribution in [2.75, 3.05) is 6.61 Å². The van der Waals surface area contributed by atoms with Gasteiger partial charge in [-0.25, -0.2) is 14.8 Å². The predicted molar refractivity (Wildman–Crippen MR) is 101 cm³/mol. The lowest BCUT2D eigenvalue weighted by atomic mass is 10.1. The minimum absolute atomic E-state index is 0. The van der Waals surface area contributed by atoms with Crippen LogP contribution in [-0.4, -0.2) is 28.9 Å². The number of carbonyl (C=O) groups is 1. The molecule has 0 saturated carbocycles. The Labute approximate surface area is 158 Å². The van der Waals surface area contributed by atoms with Crippen molar-refractivity contribution in [3.8, 4) is 5.75 Å². The summed E-state index contributed by atoms with van der Waals surface area (Å²) < 4.78 is 10.0. The number of esters is 1. The molecule has 1 N–H and O–H groups in total. The first kappa shape index (κ1) is 19.6. The van der Waals surface area contributed by atoms with Crippen LogP contribution in [0.3, 0.4) is 0 Å². The Hall–Kier alpha value is -2.71. The first-order valence-corrected chi connectivity index (χ1v) is 8.35. The summed E-state index contributed by atoms with van der Waals surface area (Å²) in [6.07, 6.45) is 1.27. The highest BCUT2D eigenvalue weighted by Gasteiger charge is 2.12. The first-order chi connectivity index (χ1) is 12.1. The van der Waals surface area contributed by atoms with Crippen molar-refractivity contribution in [2.45, 2.75) is 13.3 Å². The maximum absolute atomic E-state index is 12.0. The molecule has 0 saturated heterocycles. The van der Waals surface area contributed by atoms with Crippen molar-refractivity contribution >= 4 is 52.0 Å². The van der Waals surface area contributed by atoms with Crippen LogP contribution < -0.4 is 5.63 Å². The molecule has 0 aliphatic heterocycles. The van der Waals surface area contributed by atoms with Gasteiger partial charge in [-0.1, -0.05) is 12.1 Å². The topological polar surface area (TPSA) is 102 Å². The summed E-state index contributed by atoms with van der Waals surface area (Å²) in [6.45, 7) is 2.04. The van der Waals surface area contributed by atoms with Crippen molar-refractivity contribution in [1.29, 1.82) is 0 Å². The summed E-state index contributed by atoms with van der Waals surface area (Å²) in [4.78, 5) is 31.7. The van der Waals surface area contributed by atoms with Crippen LogP contribution in [0, 0.1) is 0 Å². The van der Waals surface area contributed by atoms with E-state index in [1.165, 1.54) is 17.6 Å². The van der Waals surface area contributed by atoms with Crippen LogP contribution in [0.5, 0.6) is 5.75 Å². The van der Waals surface area contributed by atoms with Crippen LogP contribution in [0.1, 0.15) is 18.2 Å². The second-order valence-corrected chi connectivity index (χ2v) is 5.85. The largest absolute Gasteiger partial charge is 0.506 e. The van der Waals surface area contributed by atoms with E-state index < -0.39 is 5.63 Å². The molecule has 26 heavy (non-hydrogen) atoms. The van der Waals surface area contributed by atoms with Crippen LogP contribution in [0.4, 0.5) is 5.13 Å². The summed E-state index contributed by atoms with van der Waals surface area (Å²) in [5, 5.41) is 12.7. The molecule has 0 aliphatic carbocycles. The van der Waals surface area contributed by atoms with Crippen LogP contribution in [0.2, 0.25) is 0 Å². The average molecular weight is 395 g/mol. The Kier molecular flexibility index (Phi) is 6.48. The third kappa shape index (κ3) is 4.27. The fourth-order valence-corrected chi connectivity index (χ4v) is 2.84. The molecule has 9 heteroatoms. The highest BCUT2D eigenvalue weighted by molar-refractivity contribution is 7.13. The van der Waals surface area contributed by atoms with E-state index >= 15 is 0 Å². The number of hydrogen-bond acceptors (Lipinski definition) is 8. The highest BCUT2D eigenvalue weighted by atomic mass is 35.5. The fourth-order valence-electron chi connectivity index (χ4n) is 2.18. The van der Waals surface area contributed by atoms with Gasteiger partial charge in [-0.05, 0) is 19.1 Å². The van der Waals surface area contributed by atoms with Gasteiger partial charge in [0.1, 0.15) is 16.9 Å². The van der Waals surface area contributed by atoms with E-state index in [9.17, 15) is 14.7 Å². The number of fused-ring (bicyclic) bond motifs is 1. The average Bonchev–Trinajstić information content (AvgIpc) is 3.02. The maximum atomic E-state index is 12.0. The van der Waals surface area contributed by atoms with Crippen molar-refractivity contribution in [1.82, 2.24) is 4.98 Å². The molecule has 3 rings (SSSR count). The molecule has 0 spiro atoms. The summed E-state index contributed by atoms with van der Waals surface area (Å²) in [6, 6.07) is 6.68. The van der Waals surface area contributed by atoms with Gasteiger partial charge in [0.25, 0.3) is 0 Å². The van der Waals surface area contributed by atoms with E-state index in [1.807, 2.05) is 0 Å². The summed E-state index contributed by atoms with van der Waals surface area (Å²) in [5.41, 5.74) is 0.0857. The highest BCUT2D eigenvalue weighted by Crippen LogP contribution is 2.26. The molecule has 0 bridgehead atoms. The molecule has 2 heterocycles. The van der Waals surface area contributed by atoms with E-state index in [1.54, 1.807) is 36.6 Å². The zero-order valence-corrected chi connectivity index (χ0v) is 15.3. The van der Waals surface area contributed by atoms with Gasteiger partial charge in [-0.2, -0.15) is 0 Å². The van der Waals surface area contributed by atoms with Gasteiger partial charge in [0.05, 0.1) is 24.1 Å². The number of carbonyl (C=O) groups excluding carboxylic acids is 1. The predicted octanol–water partition coefficient (Wildman–Crippen LogP) is 3.23. The molecular formula is C17H15ClN2O5S. The Morgan fingerprint density at radius 3 is 2.96 bits per heavy atom. The van der Waals surface area contributed by atoms with E-state index in [4.69, 9.17) is 9.15 Å². The number of halogens is 1. The quantitative estimate of drug-likeness (QED) is 0.405. The number of rotatable bonds is 5. The molecule has 1 aromatic carbocycles. The monoisotopic (exact) mass is 394 g/mol. The molecule has 0 radical (unpaired) electrons. The lowest BCUT2D eigenvalue weighted by Gasteiger charge is -2.01. The van der Waals surface area contributed by atoms with Crippen LogP contribution in [0.25, 0.3) is 11.0 Å². The lowest BCUT2D eigenvalue weighted by molar-refractivity contribution is -0.142. The number of nitrogens with zero attached hydrogens (tertiary/aromatic N) is 2. The van der Waals surface area contributed by atoms with Crippen LogP contribution in [0.15, 0.2) is 43.8 Å². The van der Waals surface area contributed by atoms with Crippen molar-refractivity contribution in [3.63, 3.8) is 0 Å². The third-order valence-electron chi connectivity index (χ3n) is 3.29. The van der Waals surface area contributed by atoms with Gasteiger partial charge in [0.2, 0.25) is 5.13 Å². The molecule has 2 aromatic heterocycles. The Morgan fingerprint density at radius 2 is 2.19 bits per heavy atom. The minimum atomic E-state index is -0.691. The lowest BCUT2D eigenvalue weighted by Crippen LogP contribution is -2.07. The minimum Gasteiger partial charge on any atom is -0.506 e. The molecule has 0 amide bonds.